The normalized spacial score (nSPS) is 17.8. The number of carbonyl (C=O) groups excluding carboxylic acids is 2. The van der Waals surface area contributed by atoms with E-state index < -0.39 is 0 Å². The second kappa shape index (κ2) is 7.39. The van der Waals surface area contributed by atoms with E-state index in [-0.39, 0.29) is 11.8 Å². The zero-order chi connectivity index (χ0) is 16.0. The van der Waals surface area contributed by atoms with Crippen LogP contribution in [0.2, 0.25) is 0 Å². The highest BCUT2D eigenvalue weighted by Crippen LogP contribution is 2.27. The molecule has 0 unspecified atom stereocenters. The van der Waals surface area contributed by atoms with Gasteiger partial charge in [0.15, 0.2) is 0 Å². The Hall–Kier alpha value is -2.42. The minimum Gasteiger partial charge on any atom is -0.268 e. The number of nitrogens with zero attached hydrogens (tertiary/aromatic N) is 1. The largest absolute Gasteiger partial charge is 0.268 e. The topological polar surface area (TPSA) is 37.4 Å². The number of rotatable bonds is 3. The van der Waals surface area contributed by atoms with Gasteiger partial charge in [0.1, 0.15) is 0 Å². The number of hydrogen-bond acceptors (Lipinski definition) is 2. The average molecular weight is 283 g/mol. The average Bonchev–Trinajstić information content (AvgIpc) is 2.63. The van der Waals surface area contributed by atoms with E-state index >= 15 is 0 Å². The lowest BCUT2D eigenvalue weighted by atomic mass is 10.1. The molecule has 0 spiro atoms. The molecule has 2 amide bonds. The van der Waals surface area contributed by atoms with E-state index in [4.69, 9.17) is 0 Å². The monoisotopic (exact) mass is 283 g/mol. The van der Waals surface area contributed by atoms with Crippen molar-refractivity contribution < 1.29 is 9.59 Å². The first-order valence-corrected chi connectivity index (χ1v) is 7.02. The number of hydrogen-bond donors (Lipinski definition) is 0. The smallest absolute Gasteiger partial charge is 0.266 e. The van der Waals surface area contributed by atoms with Gasteiger partial charge >= 0.3 is 0 Å². The first kappa shape index (κ1) is 16.6. The molecule has 0 bridgehead atoms. The van der Waals surface area contributed by atoms with Crippen LogP contribution in [0.4, 0.5) is 0 Å². The lowest BCUT2D eigenvalue weighted by Gasteiger charge is -2.15. The van der Waals surface area contributed by atoms with Crippen LogP contribution in [0.15, 0.2) is 72.0 Å². The Morgan fingerprint density at radius 2 is 1.57 bits per heavy atom. The van der Waals surface area contributed by atoms with Crippen molar-refractivity contribution >= 4 is 11.8 Å². The summed E-state index contributed by atoms with van der Waals surface area (Å²) in [7, 11) is 0. The highest BCUT2D eigenvalue weighted by Gasteiger charge is 2.36. The number of imide groups is 1. The van der Waals surface area contributed by atoms with Gasteiger partial charge in [0.25, 0.3) is 11.8 Å². The van der Waals surface area contributed by atoms with Gasteiger partial charge in [-0.1, -0.05) is 56.9 Å². The van der Waals surface area contributed by atoms with E-state index in [0.717, 1.165) is 6.42 Å². The molecule has 0 radical (unpaired) electrons. The summed E-state index contributed by atoms with van der Waals surface area (Å²) in [6.45, 7) is 13.2. The summed E-state index contributed by atoms with van der Waals surface area (Å²) in [4.78, 5) is 25.7. The zero-order valence-electron chi connectivity index (χ0n) is 12.8. The predicted molar refractivity (Wildman–Crippen MR) is 86.2 cm³/mol. The number of allylic oxidation sites excluding steroid dienone is 5. The molecule has 0 fully saturated rings. The summed E-state index contributed by atoms with van der Waals surface area (Å²) >= 11 is 0. The molecule has 110 valence electrons. The van der Waals surface area contributed by atoms with Crippen LogP contribution in [0.25, 0.3) is 0 Å². The summed E-state index contributed by atoms with van der Waals surface area (Å²) in [5.41, 5.74) is 2.35. The van der Waals surface area contributed by atoms with Gasteiger partial charge in [-0.3, -0.25) is 9.59 Å². The molecular weight excluding hydrogens is 262 g/mol. The first-order chi connectivity index (χ1) is 10.1. The number of amides is 2. The van der Waals surface area contributed by atoms with Gasteiger partial charge in [-0.05, 0) is 25.5 Å². The maximum absolute atomic E-state index is 12.2. The Balaban J connectivity index is 0.00000106. The standard InChI is InChI=1S/C16H15NO2.C2H6/c1-4-13-14(5-2)16(19)17(15(13)18)12-8-6-7-11(3)9-10-12;1-2/h4-6,8-10H,1-2,7H2,3H3;1-2H3. The van der Waals surface area contributed by atoms with Gasteiger partial charge in [-0.25, -0.2) is 4.90 Å². The zero-order valence-corrected chi connectivity index (χ0v) is 12.8. The molecule has 0 atom stereocenters. The van der Waals surface area contributed by atoms with Crippen molar-refractivity contribution in [3.05, 3.63) is 72.0 Å². The summed E-state index contributed by atoms with van der Waals surface area (Å²) < 4.78 is 0. The van der Waals surface area contributed by atoms with Crippen LogP contribution in [0, 0.1) is 0 Å². The van der Waals surface area contributed by atoms with Gasteiger partial charge in [0, 0.05) is 0 Å². The Bertz CT molecular complexity index is 571. The lowest BCUT2D eigenvalue weighted by Crippen LogP contribution is -2.30. The third kappa shape index (κ3) is 3.19. The van der Waals surface area contributed by atoms with Crippen LogP contribution in [0.1, 0.15) is 27.2 Å². The van der Waals surface area contributed by atoms with E-state index in [1.165, 1.54) is 22.6 Å². The highest BCUT2D eigenvalue weighted by atomic mass is 16.2. The molecule has 0 N–H and O–H groups in total. The first-order valence-electron chi connectivity index (χ1n) is 7.02. The summed E-state index contributed by atoms with van der Waals surface area (Å²) in [6, 6.07) is 0. The fourth-order valence-electron chi connectivity index (χ4n) is 2.06. The van der Waals surface area contributed by atoms with Gasteiger partial charge in [-0.2, -0.15) is 0 Å². The van der Waals surface area contributed by atoms with Crippen LogP contribution >= 0.6 is 0 Å². The third-order valence-electron chi connectivity index (χ3n) is 3.09. The number of carbonyl (C=O) groups is 2. The van der Waals surface area contributed by atoms with Crippen LogP contribution in [-0.4, -0.2) is 16.7 Å². The molecule has 1 aliphatic carbocycles. The second-order valence-electron chi connectivity index (χ2n) is 4.39. The molecule has 0 aromatic rings. The molecule has 2 aliphatic rings. The van der Waals surface area contributed by atoms with Crippen molar-refractivity contribution in [2.24, 2.45) is 0 Å². The predicted octanol–water partition coefficient (Wildman–Crippen LogP) is 3.84. The minimum absolute atomic E-state index is 0.305. The molecule has 0 aromatic carbocycles. The molecule has 3 heteroatoms. The molecule has 0 saturated carbocycles. The van der Waals surface area contributed by atoms with Gasteiger partial charge in [0.2, 0.25) is 0 Å². The van der Waals surface area contributed by atoms with E-state index in [1.54, 1.807) is 12.2 Å². The van der Waals surface area contributed by atoms with E-state index in [0.29, 0.717) is 16.8 Å². The van der Waals surface area contributed by atoms with Gasteiger partial charge < -0.3 is 0 Å². The van der Waals surface area contributed by atoms with Crippen LogP contribution in [0.3, 0.4) is 0 Å². The van der Waals surface area contributed by atoms with Gasteiger partial charge in [0.05, 0.1) is 16.8 Å². The Kier molecular flexibility index (Phi) is 5.85. The third-order valence-corrected chi connectivity index (χ3v) is 3.09. The van der Waals surface area contributed by atoms with Crippen molar-refractivity contribution in [3.8, 4) is 0 Å². The summed E-state index contributed by atoms with van der Waals surface area (Å²) in [5.74, 6) is -0.697. The molecule has 1 heterocycles. The Morgan fingerprint density at radius 3 is 2.05 bits per heavy atom. The molecular formula is C18H21NO2. The van der Waals surface area contributed by atoms with Crippen molar-refractivity contribution in [1.82, 2.24) is 4.90 Å². The fourth-order valence-corrected chi connectivity index (χ4v) is 2.06. The highest BCUT2D eigenvalue weighted by molar-refractivity contribution is 6.23. The van der Waals surface area contributed by atoms with Crippen molar-refractivity contribution in [2.45, 2.75) is 27.2 Å². The van der Waals surface area contributed by atoms with E-state index in [1.807, 2.05) is 32.9 Å². The quantitative estimate of drug-likeness (QED) is 0.738. The molecule has 0 aromatic heterocycles. The fraction of sp³-hybridized carbons (Fsp3) is 0.222. The molecule has 3 nitrogen and oxygen atoms in total. The summed E-state index contributed by atoms with van der Waals surface area (Å²) in [6.07, 6.45) is 11.0. The Labute approximate surface area is 126 Å². The maximum atomic E-state index is 12.2. The molecule has 21 heavy (non-hydrogen) atoms. The van der Waals surface area contributed by atoms with Crippen molar-refractivity contribution in [2.75, 3.05) is 0 Å². The molecule has 0 saturated heterocycles. The second-order valence-corrected chi connectivity index (χ2v) is 4.39. The van der Waals surface area contributed by atoms with Crippen LogP contribution < -0.4 is 0 Å². The lowest BCUT2D eigenvalue weighted by molar-refractivity contribution is -0.134. The van der Waals surface area contributed by atoms with Crippen LogP contribution in [-0.2, 0) is 9.59 Å². The Morgan fingerprint density at radius 1 is 1.05 bits per heavy atom. The van der Waals surface area contributed by atoms with Crippen molar-refractivity contribution in [1.29, 1.82) is 0 Å². The molecule has 2 rings (SSSR count). The van der Waals surface area contributed by atoms with Crippen molar-refractivity contribution in [3.63, 3.8) is 0 Å². The van der Waals surface area contributed by atoms with E-state index in [2.05, 4.69) is 13.2 Å². The van der Waals surface area contributed by atoms with Gasteiger partial charge in [-0.15, -0.1) is 0 Å². The SMILES string of the molecule is C=CC1=C(C=C)C(=O)N(C2=CC=C(C)CC=C2)C1=O.CC. The maximum Gasteiger partial charge on any atom is 0.266 e. The minimum atomic E-state index is -0.348. The summed E-state index contributed by atoms with van der Waals surface area (Å²) in [5, 5.41) is 0. The van der Waals surface area contributed by atoms with E-state index in [9.17, 15) is 9.59 Å². The molecule has 1 aliphatic heterocycles. The van der Waals surface area contributed by atoms with Crippen LogP contribution in [0.5, 0.6) is 0 Å².